The van der Waals surface area contributed by atoms with Gasteiger partial charge in [-0.3, -0.25) is 0 Å². The average molecular weight is 206 g/mol. The average Bonchev–Trinajstić information content (AvgIpc) is 2.00. The minimum atomic E-state index is -3.22. The van der Waals surface area contributed by atoms with E-state index in [1.54, 1.807) is 0 Å². The highest BCUT2D eigenvalue weighted by atomic mass is 32.2. The number of nitrogens with one attached hydrogen (secondary N) is 1. The van der Waals surface area contributed by atoms with Crippen molar-refractivity contribution in [2.24, 2.45) is 5.10 Å². The van der Waals surface area contributed by atoms with Crippen LogP contribution in [0.25, 0.3) is 0 Å². The second-order valence-corrected chi connectivity index (χ2v) is 4.90. The van der Waals surface area contributed by atoms with Gasteiger partial charge in [0.1, 0.15) is 0 Å². The first-order valence-electron chi connectivity index (χ1n) is 4.11. The molecule has 1 saturated heterocycles. The highest BCUT2D eigenvalue weighted by Crippen LogP contribution is 2.09. The molecule has 0 aliphatic carbocycles. The smallest absolute Gasteiger partial charge is 0.244 e. The van der Waals surface area contributed by atoms with Gasteiger partial charge >= 0.3 is 0 Å². The molecule has 1 N–H and O–H groups in total. The Labute approximate surface area is 78.2 Å². The molecule has 1 aliphatic rings. The van der Waals surface area contributed by atoms with Gasteiger partial charge in [0.2, 0.25) is 10.0 Å². The topological polar surface area (TPSA) is 67.8 Å². The zero-order chi connectivity index (χ0) is 9.90. The Bertz CT molecular complexity index is 297. The molecule has 0 aromatic rings. The molecule has 0 spiro atoms. The lowest BCUT2D eigenvalue weighted by molar-refractivity contribution is 0.0632. The number of nitrogens with zero attached hydrogens (tertiary/aromatic N) is 1. The molecule has 6 heteroatoms. The Morgan fingerprint density at radius 1 is 1.62 bits per heavy atom. The van der Waals surface area contributed by atoms with E-state index in [4.69, 9.17) is 4.74 Å². The van der Waals surface area contributed by atoms with Gasteiger partial charge in [-0.25, -0.2) is 13.2 Å². The molecular formula is C7H14N2O3S. The third-order valence-electron chi connectivity index (χ3n) is 1.69. The van der Waals surface area contributed by atoms with Crippen LogP contribution in [0.3, 0.4) is 0 Å². The molecule has 1 fully saturated rings. The summed E-state index contributed by atoms with van der Waals surface area (Å²) < 4.78 is 26.7. The molecule has 0 aromatic carbocycles. The molecule has 0 bridgehead atoms. The highest BCUT2D eigenvalue weighted by molar-refractivity contribution is 7.88. The summed E-state index contributed by atoms with van der Waals surface area (Å²) in [6.07, 6.45) is 2.61. The minimum absolute atomic E-state index is 0.133. The van der Waals surface area contributed by atoms with Gasteiger partial charge in [0.15, 0.2) is 0 Å². The van der Waals surface area contributed by atoms with Crippen LogP contribution in [0.5, 0.6) is 0 Å². The van der Waals surface area contributed by atoms with E-state index in [-0.39, 0.29) is 6.10 Å². The van der Waals surface area contributed by atoms with Crippen molar-refractivity contribution in [2.75, 3.05) is 12.9 Å². The molecule has 1 rings (SSSR count). The van der Waals surface area contributed by atoms with Crippen molar-refractivity contribution in [1.82, 2.24) is 4.83 Å². The Morgan fingerprint density at radius 3 is 2.85 bits per heavy atom. The van der Waals surface area contributed by atoms with Gasteiger partial charge in [-0.05, 0) is 6.92 Å². The maximum absolute atomic E-state index is 10.7. The van der Waals surface area contributed by atoms with Gasteiger partial charge in [0.25, 0.3) is 0 Å². The van der Waals surface area contributed by atoms with E-state index in [1.807, 2.05) is 6.92 Å². The van der Waals surface area contributed by atoms with E-state index >= 15 is 0 Å². The van der Waals surface area contributed by atoms with Crippen LogP contribution in [-0.4, -0.2) is 33.1 Å². The van der Waals surface area contributed by atoms with E-state index in [0.29, 0.717) is 19.4 Å². The monoisotopic (exact) mass is 206 g/mol. The zero-order valence-corrected chi connectivity index (χ0v) is 8.60. The number of ether oxygens (including phenoxy) is 1. The fourth-order valence-electron chi connectivity index (χ4n) is 1.12. The molecule has 0 saturated carbocycles. The van der Waals surface area contributed by atoms with Gasteiger partial charge < -0.3 is 4.74 Å². The Hall–Kier alpha value is -0.620. The first-order valence-corrected chi connectivity index (χ1v) is 6.00. The van der Waals surface area contributed by atoms with E-state index in [1.165, 1.54) is 0 Å². The summed E-state index contributed by atoms with van der Waals surface area (Å²) >= 11 is 0. The number of sulfonamides is 1. The Kier molecular flexibility index (Phi) is 3.27. The minimum Gasteiger partial charge on any atom is -0.378 e. The van der Waals surface area contributed by atoms with E-state index in [0.717, 1.165) is 12.0 Å². The van der Waals surface area contributed by atoms with Crippen LogP contribution in [0.4, 0.5) is 0 Å². The lowest BCUT2D eigenvalue weighted by atomic mass is 10.1. The van der Waals surface area contributed by atoms with Crippen LogP contribution in [-0.2, 0) is 14.8 Å². The molecular weight excluding hydrogens is 192 g/mol. The van der Waals surface area contributed by atoms with Gasteiger partial charge in [0.05, 0.1) is 19.0 Å². The third-order valence-corrected chi connectivity index (χ3v) is 2.11. The molecule has 0 radical (unpaired) electrons. The van der Waals surface area contributed by atoms with Crippen LogP contribution in [0.2, 0.25) is 0 Å². The Balaban J connectivity index is 2.51. The van der Waals surface area contributed by atoms with Crippen molar-refractivity contribution in [2.45, 2.75) is 25.9 Å². The summed E-state index contributed by atoms with van der Waals surface area (Å²) in [5.74, 6) is 0. The number of hydrogen-bond acceptors (Lipinski definition) is 4. The van der Waals surface area contributed by atoms with Gasteiger partial charge in [0, 0.05) is 18.6 Å². The van der Waals surface area contributed by atoms with Crippen LogP contribution in [0.1, 0.15) is 19.8 Å². The molecule has 13 heavy (non-hydrogen) atoms. The van der Waals surface area contributed by atoms with Crippen molar-refractivity contribution < 1.29 is 13.2 Å². The second kappa shape index (κ2) is 4.06. The van der Waals surface area contributed by atoms with Crippen LogP contribution in [0.15, 0.2) is 5.10 Å². The molecule has 1 aliphatic heterocycles. The van der Waals surface area contributed by atoms with Crippen LogP contribution in [0, 0.1) is 0 Å². The fourth-order valence-corrected chi connectivity index (χ4v) is 1.41. The lowest BCUT2D eigenvalue weighted by Gasteiger charge is -2.20. The van der Waals surface area contributed by atoms with Crippen LogP contribution >= 0.6 is 0 Å². The highest BCUT2D eigenvalue weighted by Gasteiger charge is 2.14. The zero-order valence-electron chi connectivity index (χ0n) is 7.78. The quantitative estimate of drug-likeness (QED) is 0.651. The van der Waals surface area contributed by atoms with Crippen molar-refractivity contribution in [3.63, 3.8) is 0 Å². The third kappa shape index (κ3) is 4.23. The van der Waals surface area contributed by atoms with Crippen molar-refractivity contribution >= 4 is 15.7 Å². The predicted octanol–water partition coefficient (Wildman–Crippen LogP) is 0.0905. The largest absolute Gasteiger partial charge is 0.378 e. The first kappa shape index (κ1) is 10.5. The predicted molar refractivity (Wildman–Crippen MR) is 50.1 cm³/mol. The summed E-state index contributed by atoms with van der Waals surface area (Å²) in [7, 11) is -3.22. The molecule has 5 nitrogen and oxygen atoms in total. The maximum Gasteiger partial charge on any atom is 0.244 e. The van der Waals surface area contributed by atoms with Gasteiger partial charge in [-0.15, -0.1) is 0 Å². The summed E-state index contributed by atoms with van der Waals surface area (Å²) in [6.45, 7) is 2.56. The molecule has 76 valence electrons. The summed E-state index contributed by atoms with van der Waals surface area (Å²) in [4.78, 5) is 2.12. The number of hydrogen-bond donors (Lipinski definition) is 1. The molecule has 1 heterocycles. The molecule has 0 amide bonds. The molecule has 0 aromatic heterocycles. The summed E-state index contributed by atoms with van der Waals surface area (Å²) in [6, 6.07) is 0. The second-order valence-electron chi connectivity index (χ2n) is 3.18. The first-order chi connectivity index (χ1) is 5.97. The number of hydrazone groups is 1. The number of rotatable bonds is 2. The molecule has 1 unspecified atom stereocenters. The summed E-state index contributed by atoms with van der Waals surface area (Å²) in [5.41, 5.74) is 0.851. The lowest BCUT2D eigenvalue weighted by Crippen LogP contribution is -2.26. The van der Waals surface area contributed by atoms with Crippen LogP contribution < -0.4 is 4.83 Å². The molecule has 1 atom stereocenters. The van der Waals surface area contributed by atoms with Crippen molar-refractivity contribution in [3.8, 4) is 0 Å². The maximum atomic E-state index is 10.7. The standard InChI is InChI=1S/C7H14N2O3S/c1-6-5-7(3-4-12-6)8-9-13(2,10)11/h6,9H,3-5H2,1-2H3/b8-7+. The normalized spacial score (nSPS) is 27.5. The van der Waals surface area contributed by atoms with Crippen molar-refractivity contribution in [3.05, 3.63) is 0 Å². The van der Waals surface area contributed by atoms with Gasteiger partial charge in [-0.2, -0.15) is 5.10 Å². The van der Waals surface area contributed by atoms with E-state index in [2.05, 4.69) is 9.93 Å². The van der Waals surface area contributed by atoms with E-state index in [9.17, 15) is 8.42 Å². The Morgan fingerprint density at radius 2 is 2.31 bits per heavy atom. The van der Waals surface area contributed by atoms with E-state index < -0.39 is 10.0 Å². The van der Waals surface area contributed by atoms with Crippen molar-refractivity contribution in [1.29, 1.82) is 0 Å². The SMILES string of the molecule is CC1C/C(=N/NS(C)(=O)=O)CCO1. The summed E-state index contributed by atoms with van der Waals surface area (Å²) in [5, 5.41) is 3.80. The van der Waals surface area contributed by atoms with Gasteiger partial charge in [-0.1, -0.05) is 0 Å². The fraction of sp³-hybridized carbons (Fsp3) is 0.857.